The zero-order valence-corrected chi connectivity index (χ0v) is 19.4. The predicted octanol–water partition coefficient (Wildman–Crippen LogP) is 3.33. The molecule has 0 radical (unpaired) electrons. The smallest absolute Gasteiger partial charge is 0.220 e. The molecule has 2 aromatic heterocycles. The summed E-state index contributed by atoms with van der Waals surface area (Å²) in [4.78, 5) is 22.7. The van der Waals surface area contributed by atoms with Gasteiger partial charge < -0.3 is 20.7 Å². The van der Waals surface area contributed by atoms with Gasteiger partial charge in [0, 0.05) is 18.5 Å². The fourth-order valence-corrected chi connectivity index (χ4v) is 3.64. The van der Waals surface area contributed by atoms with Crippen molar-refractivity contribution in [2.75, 3.05) is 32.9 Å². The van der Waals surface area contributed by atoms with Gasteiger partial charge in [0.05, 0.1) is 11.9 Å². The lowest BCUT2D eigenvalue weighted by Crippen LogP contribution is -2.28. The summed E-state index contributed by atoms with van der Waals surface area (Å²) in [7, 11) is 3.99. The summed E-state index contributed by atoms with van der Waals surface area (Å²) in [5.41, 5.74) is 8.39. The van der Waals surface area contributed by atoms with E-state index in [1.54, 1.807) is 4.68 Å². The van der Waals surface area contributed by atoms with E-state index in [0.29, 0.717) is 42.1 Å². The average Bonchev–Trinajstić information content (AvgIpc) is 3.20. The van der Waals surface area contributed by atoms with Gasteiger partial charge in [0.1, 0.15) is 29.3 Å². The maximum atomic E-state index is 12.1. The molecule has 176 valence electrons. The largest absolute Gasteiger partial charge is 0.457 e. The number of ether oxygens (including phenoxy) is 1. The maximum Gasteiger partial charge on any atom is 0.220 e. The van der Waals surface area contributed by atoms with Crippen molar-refractivity contribution in [1.29, 1.82) is 0 Å². The number of amides is 1. The Morgan fingerprint density at radius 3 is 2.53 bits per heavy atom. The van der Waals surface area contributed by atoms with Crippen molar-refractivity contribution < 1.29 is 9.53 Å². The highest BCUT2D eigenvalue weighted by atomic mass is 16.5. The summed E-state index contributed by atoms with van der Waals surface area (Å²) in [6, 6.07) is 17.3. The molecule has 2 heterocycles. The second-order valence-corrected chi connectivity index (χ2v) is 8.23. The molecule has 4 aromatic rings. The Morgan fingerprint density at radius 1 is 1.06 bits per heavy atom. The molecule has 9 heteroatoms. The number of hydrogen-bond donors (Lipinski definition) is 2. The Labute approximate surface area is 198 Å². The van der Waals surface area contributed by atoms with E-state index in [2.05, 4.69) is 20.2 Å². The van der Waals surface area contributed by atoms with E-state index >= 15 is 0 Å². The number of nitrogens with two attached hydrogens (primary N) is 1. The predicted molar refractivity (Wildman–Crippen MR) is 132 cm³/mol. The number of carbonyl (C=O) groups is 1. The zero-order valence-electron chi connectivity index (χ0n) is 19.4. The van der Waals surface area contributed by atoms with E-state index in [9.17, 15) is 4.79 Å². The summed E-state index contributed by atoms with van der Waals surface area (Å²) in [6.07, 6.45) is 2.74. The van der Waals surface area contributed by atoms with Crippen LogP contribution in [0, 0.1) is 0 Å². The molecular formula is C25H29N7O2. The van der Waals surface area contributed by atoms with Crippen LogP contribution in [0.3, 0.4) is 0 Å². The number of aromatic nitrogens is 4. The van der Waals surface area contributed by atoms with E-state index in [1.807, 2.05) is 68.7 Å². The number of nitrogens with one attached hydrogen (secondary N) is 1. The van der Waals surface area contributed by atoms with Gasteiger partial charge in [-0.25, -0.2) is 14.6 Å². The third-order valence-corrected chi connectivity index (χ3v) is 5.32. The summed E-state index contributed by atoms with van der Waals surface area (Å²) >= 11 is 0. The molecule has 4 rings (SSSR count). The normalized spacial score (nSPS) is 11.1. The third-order valence-electron chi connectivity index (χ3n) is 5.32. The molecular weight excluding hydrogens is 430 g/mol. The van der Waals surface area contributed by atoms with Crippen molar-refractivity contribution >= 4 is 22.8 Å². The van der Waals surface area contributed by atoms with Crippen molar-refractivity contribution in [3.63, 3.8) is 0 Å². The lowest BCUT2D eigenvalue weighted by molar-refractivity contribution is -0.121. The minimum absolute atomic E-state index is 0.0293. The van der Waals surface area contributed by atoms with Crippen LogP contribution < -0.4 is 15.8 Å². The van der Waals surface area contributed by atoms with Crippen LogP contribution in [0.15, 0.2) is 60.9 Å². The highest BCUT2D eigenvalue weighted by Gasteiger charge is 2.17. The van der Waals surface area contributed by atoms with Gasteiger partial charge in [0.15, 0.2) is 5.65 Å². The first-order chi connectivity index (χ1) is 16.5. The van der Waals surface area contributed by atoms with E-state index in [4.69, 9.17) is 15.6 Å². The minimum Gasteiger partial charge on any atom is -0.457 e. The summed E-state index contributed by atoms with van der Waals surface area (Å²) in [6.45, 7) is 1.80. The first kappa shape index (κ1) is 23.2. The second kappa shape index (κ2) is 10.8. The third kappa shape index (κ3) is 5.68. The number of fused-ring (bicyclic) bond motifs is 1. The standard InChI is InChI=1S/C25H29N7O2/c1-31(2)15-6-9-21(33)27-14-16-32-25-22(24(26)28-17-29-25)23(30-32)18-10-12-20(13-11-18)34-19-7-4-3-5-8-19/h3-5,7-8,10-13,17H,6,9,14-16H2,1-2H3,(H,27,33)(H2,26,28,29). The van der Waals surface area contributed by atoms with Gasteiger partial charge in [-0.05, 0) is 63.5 Å². The molecule has 0 spiro atoms. The van der Waals surface area contributed by atoms with Gasteiger partial charge >= 0.3 is 0 Å². The van der Waals surface area contributed by atoms with E-state index in [1.165, 1.54) is 6.33 Å². The first-order valence-corrected chi connectivity index (χ1v) is 11.2. The number of rotatable bonds is 10. The molecule has 1 amide bonds. The van der Waals surface area contributed by atoms with Gasteiger partial charge in [0.2, 0.25) is 5.91 Å². The molecule has 0 fully saturated rings. The molecule has 0 unspecified atom stereocenters. The molecule has 0 saturated heterocycles. The Balaban J connectivity index is 1.48. The summed E-state index contributed by atoms with van der Waals surface area (Å²) < 4.78 is 7.65. The van der Waals surface area contributed by atoms with Crippen molar-refractivity contribution in [3.05, 3.63) is 60.9 Å². The van der Waals surface area contributed by atoms with Crippen LogP contribution in [0.5, 0.6) is 11.5 Å². The van der Waals surface area contributed by atoms with Crippen LogP contribution in [0.1, 0.15) is 12.8 Å². The maximum absolute atomic E-state index is 12.1. The molecule has 34 heavy (non-hydrogen) atoms. The second-order valence-electron chi connectivity index (χ2n) is 8.23. The monoisotopic (exact) mass is 459 g/mol. The van der Waals surface area contributed by atoms with Crippen LogP contribution in [-0.4, -0.2) is 57.7 Å². The van der Waals surface area contributed by atoms with Crippen LogP contribution in [0.4, 0.5) is 5.82 Å². The fourth-order valence-electron chi connectivity index (χ4n) is 3.64. The first-order valence-electron chi connectivity index (χ1n) is 11.2. The molecule has 0 bridgehead atoms. The number of carbonyl (C=O) groups excluding carboxylic acids is 1. The number of nitrogens with zero attached hydrogens (tertiary/aromatic N) is 5. The van der Waals surface area contributed by atoms with E-state index < -0.39 is 0 Å². The van der Waals surface area contributed by atoms with Crippen LogP contribution >= 0.6 is 0 Å². The SMILES string of the molecule is CN(C)CCCC(=O)NCCn1nc(-c2ccc(Oc3ccccc3)cc2)c2c(N)ncnc21. The summed E-state index contributed by atoms with van der Waals surface area (Å²) in [5.74, 6) is 1.89. The lowest BCUT2D eigenvalue weighted by Gasteiger charge is -2.09. The number of para-hydroxylation sites is 1. The Hall–Kier alpha value is -3.98. The van der Waals surface area contributed by atoms with Gasteiger partial charge in [-0.2, -0.15) is 5.10 Å². The molecule has 2 aromatic carbocycles. The van der Waals surface area contributed by atoms with Crippen LogP contribution in [0.25, 0.3) is 22.3 Å². The molecule has 9 nitrogen and oxygen atoms in total. The Kier molecular flexibility index (Phi) is 7.34. The summed E-state index contributed by atoms with van der Waals surface area (Å²) in [5, 5.41) is 8.40. The molecule has 0 atom stereocenters. The van der Waals surface area contributed by atoms with Gasteiger partial charge in [-0.3, -0.25) is 4.79 Å². The van der Waals surface area contributed by atoms with E-state index in [-0.39, 0.29) is 5.91 Å². The number of nitrogen functional groups attached to an aromatic ring is 1. The van der Waals surface area contributed by atoms with Gasteiger partial charge in [-0.1, -0.05) is 18.2 Å². The van der Waals surface area contributed by atoms with Crippen molar-refractivity contribution in [1.82, 2.24) is 30.0 Å². The molecule has 0 aliphatic heterocycles. The Morgan fingerprint density at radius 2 is 1.79 bits per heavy atom. The van der Waals surface area contributed by atoms with Crippen molar-refractivity contribution in [3.8, 4) is 22.8 Å². The number of benzene rings is 2. The number of hydrogen-bond acceptors (Lipinski definition) is 7. The topological polar surface area (TPSA) is 111 Å². The zero-order chi connectivity index (χ0) is 23.9. The average molecular weight is 460 g/mol. The number of anilines is 1. The molecule has 3 N–H and O–H groups in total. The van der Waals surface area contributed by atoms with Crippen LogP contribution in [-0.2, 0) is 11.3 Å². The molecule has 0 aliphatic carbocycles. The molecule has 0 aliphatic rings. The highest BCUT2D eigenvalue weighted by molar-refractivity contribution is 5.98. The van der Waals surface area contributed by atoms with Gasteiger partial charge in [-0.15, -0.1) is 0 Å². The fraction of sp³-hybridized carbons (Fsp3) is 0.280. The molecule has 0 saturated carbocycles. The van der Waals surface area contributed by atoms with Crippen molar-refractivity contribution in [2.24, 2.45) is 0 Å². The minimum atomic E-state index is 0.0293. The van der Waals surface area contributed by atoms with E-state index in [0.717, 1.165) is 30.0 Å². The van der Waals surface area contributed by atoms with Crippen LogP contribution in [0.2, 0.25) is 0 Å². The Bertz CT molecular complexity index is 1240. The van der Waals surface area contributed by atoms with Gasteiger partial charge in [0.25, 0.3) is 0 Å². The van der Waals surface area contributed by atoms with Crippen molar-refractivity contribution in [2.45, 2.75) is 19.4 Å². The highest BCUT2D eigenvalue weighted by Crippen LogP contribution is 2.31. The quantitative estimate of drug-likeness (QED) is 0.374. The lowest BCUT2D eigenvalue weighted by atomic mass is 10.1.